The molecule has 1 unspecified atom stereocenters. The minimum atomic E-state index is -3.61. The van der Waals surface area contributed by atoms with Crippen molar-refractivity contribution in [3.05, 3.63) is 65.7 Å². The molecule has 5 nitrogen and oxygen atoms in total. The van der Waals surface area contributed by atoms with Crippen LogP contribution >= 0.6 is 0 Å². The van der Waals surface area contributed by atoms with Crippen LogP contribution in [0.1, 0.15) is 30.9 Å². The maximum Gasteiger partial charge on any atom is 0.232 e. The van der Waals surface area contributed by atoms with Crippen molar-refractivity contribution in [1.29, 1.82) is 0 Å². The van der Waals surface area contributed by atoms with Crippen molar-refractivity contribution in [1.82, 2.24) is 0 Å². The van der Waals surface area contributed by atoms with Crippen LogP contribution in [0.5, 0.6) is 0 Å². The number of hydrogen-bond acceptors (Lipinski definition) is 3. The van der Waals surface area contributed by atoms with Crippen LogP contribution in [0.2, 0.25) is 0 Å². The number of sulfonamides is 1. The molecular formula is C18H22N2O3S. The SMILES string of the molecule is CC(C)C(C(=O)Nc1cccc(CS(N)(=O)=O)c1)c1ccccc1. The van der Waals surface area contributed by atoms with Gasteiger partial charge in [-0.05, 0) is 29.2 Å². The van der Waals surface area contributed by atoms with E-state index in [-0.39, 0.29) is 23.5 Å². The molecule has 3 N–H and O–H groups in total. The smallest absolute Gasteiger partial charge is 0.232 e. The maximum absolute atomic E-state index is 12.7. The number of anilines is 1. The Hall–Kier alpha value is -2.18. The first-order valence-corrected chi connectivity index (χ1v) is 9.43. The summed E-state index contributed by atoms with van der Waals surface area (Å²) < 4.78 is 22.4. The summed E-state index contributed by atoms with van der Waals surface area (Å²) in [5.74, 6) is -0.541. The third-order valence-electron chi connectivity index (χ3n) is 3.67. The van der Waals surface area contributed by atoms with Crippen molar-refractivity contribution in [2.24, 2.45) is 11.1 Å². The van der Waals surface area contributed by atoms with Crippen molar-refractivity contribution < 1.29 is 13.2 Å². The molecule has 6 heteroatoms. The van der Waals surface area contributed by atoms with E-state index in [1.165, 1.54) is 0 Å². The van der Waals surface area contributed by atoms with E-state index in [4.69, 9.17) is 5.14 Å². The van der Waals surface area contributed by atoms with Gasteiger partial charge in [0.05, 0.1) is 11.7 Å². The second-order valence-electron chi connectivity index (χ2n) is 6.13. The van der Waals surface area contributed by atoms with Gasteiger partial charge >= 0.3 is 0 Å². The second kappa shape index (κ2) is 7.59. The Bertz CT molecular complexity index is 802. The summed E-state index contributed by atoms with van der Waals surface area (Å²) >= 11 is 0. The monoisotopic (exact) mass is 346 g/mol. The van der Waals surface area contributed by atoms with Crippen LogP contribution in [-0.2, 0) is 20.6 Å². The van der Waals surface area contributed by atoms with Crippen LogP contribution in [0.15, 0.2) is 54.6 Å². The molecule has 0 saturated carbocycles. The van der Waals surface area contributed by atoms with Crippen molar-refractivity contribution in [3.63, 3.8) is 0 Å². The van der Waals surface area contributed by atoms with E-state index >= 15 is 0 Å². The molecule has 0 aliphatic heterocycles. The normalized spacial score (nSPS) is 12.8. The molecule has 0 spiro atoms. The second-order valence-corrected chi connectivity index (χ2v) is 7.74. The zero-order valence-corrected chi connectivity index (χ0v) is 14.6. The Kier molecular flexibility index (Phi) is 5.75. The van der Waals surface area contributed by atoms with Gasteiger partial charge in [0.2, 0.25) is 15.9 Å². The van der Waals surface area contributed by atoms with Gasteiger partial charge in [-0.1, -0.05) is 56.3 Å². The van der Waals surface area contributed by atoms with Gasteiger partial charge in [0.1, 0.15) is 0 Å². The number of benzene rings is 2. The minimum Gasteiger partial charge on any atom is -0.326 e. The van der Waals surface area contributed by atoms with Gasteiger partial charge in [-0.25, -0.2) is 13.6 Å². The highest BCUT2D eigenvalue weighted by atomic mass is 32.2. The fourth-order valence-corrected chi connectivity index (χ4v) is 3.33. The fraction of sp³-hybridized carbons (Fsp3) is 0.278. The molecule has 128 valence electrons. The molecule has 2 aromatic rings. The molecule has 0 saturated heterocycles. The van der Waals surface area contributed by atoms with Crippen LogP contribution in [0.3, 0.4) is 0 Å². The molecule has 2 aromatic carbocycles. The van der Waals surface area contributed by atoms with E-state index in [0.29, 0.717) is 11.3 Å². The van der Waals surface area contributed by atoms with E-state index in [1.54, 1.807) is 24.3 Å². The molecule has 0 aliphatic carbocycles. The van der Waals surface area contributed by atoms with Gasteiger partial charge < -0.3 is 5.32 Å². The van der Waals surface area contributed by atoms with Gasteiger partial charge in [0, 0.05) is 5.69 Å². The van der Waals surface area contributed by atoms with E-state index in [0.717, 1.165) is 5.56 Å². The molecular weight excluding hydrogens is 324 g/mol. The molecule has 0 heterocycles. The summed E-state index contributed by atoms with van der Waals surface area (Å²) in [4.78, 5) is 12.7. The van der Waals surface area contributed by atoms with Crippen LogP contribution in [0.25, 0.3) is 0 Å². The molecule has 24 heavy (non-hydrogen) atoms. The number of primary sulfonamides is 1. The lowest BCUT2D eigenvalue weighted by molar-refractivity contribution is -0.118. The lowest BCUT2D eigenvalue weighted by atomic mass is 9.87. The van der Waals surface area contributed by atoms with Crippen molar-refractivity contribution in [3.8, 4) is 0 Å². The Balaban J connectivity index is 2.20. The standard InChI is InChI=1S/C18H22N2O3S/c1-13(2)17(15-8-4-3-5-9-15)18(21)20-16-10-6-7-14(11-16)12-24(19,22)23/h3-11,13,17H,12H2,1-2H3,(H,20,21)(H2,19,22,23). The van der Waals surface area contributed by atoms with Crippen LogP contribution in [0, 0.1) is 5.92 Å². The maximum atomic E-state index is 12.7. The lowest BCUT2D eigenvalue weighted by Crippen LogP contribution is -2.25. The molecule has 0 aliphatic rings. The molecule has 0 fully saturated rings. The minimum absolute atomic E-state index is 0.121. The number of nitrogens with two attached hydrogens (primary N) is 1. The van der Waals surface area contributed by atoms with E-state index in [9.17, 15) is 13.2 Å². The first kappa shape index (κ1) is 18.2. The van der Waals surface area contributed by atoms with Crippen LogP contribution in [0.4, 0.5) is 5.69 Å². The Labute approximate surface area is 142 Å². The quantitative estimate of drug-likeness (QED) is 0.843. The van der Waals surface area contributed by atoms with E-state index in [2.05, 4.69) is 5.32 Å². The lowest BCUT2D eigenvalue weighted by Gasteiger charge is -2.21. The van der Waals surface area contributed by atoms with Gasteiger partial charge in [-0.15, -0.1) is 0 Å². The largest absolute Gasteiger partial charge is 0.326 e. The number of rotatable bonds is 6. The van der Waals surface area contributed by atoms with Crippen LogP contribution in [-0.4, -0.2) is 14.3 Å². The van der Waals surface area contributed by atoms with E-state index < -0.39 is 10.0 Å². The zero-order valence-electron chi connectivity index (χ0n) is 13.8. The Morgan fingerprint density at radius 1 is 1.08 bits per heavy atom. The summed E-state index contributed by atoms with van der Waals surface area (Å²) in [6, 6.07) is 16.3. The number of carbonyl (C=O) groups excluding carboxylic acids is 1. The summed E-state index contributed by atoms with van der Waals surface area (Å²) in [6.07, 6.45) is 0. The fourth-order valence-electron chi connectivity index (χ4n) is 2.69. The predicted molar refractivity (Wildman–Crippen MR) is 95.9 cm³/mol. The molecule has 0 bridgehead atoms. The topological polar surface area (TPSA) is 89.3 Å². The average Bonchev–Trinajstić information content (AvgIpc) is 2.46. The van der Waals surface area contributed by atoms with Crippen molar-refractivity contribution in [2.45, 2.75) is 25.5 Å². The summed E-state index contributed by atoms with van der Waals surface area (Å²) in [5.41, 5.74) is 2.05. The third-order valence-corrected chi connectivity index (χ3v) is 4.41. The summed E-state index contributed by atoms with van der Waals surface area (Å²) in [6.45, 7) is 3.99. The number of amides is 1. The highest BCUT2D eigenvalue weighted by Crippen LogP contribution is 2.26. The molecule has 2 rings (SSSR count). The highest BCUT2D eigenvalue weighted by molar-refractivity contribution is 7.88. The van der Waals surface area contributed by atoms with Gasteiger partial charge in [0.25, 0.3) is 0 Å². The third kappa shape index (κ3) is 5.18. The number of carbonyl (C=O) groups is 1. The molecule has 0 radical (unpaired) electrons. The Morgan fingerprint density at radius 3 is 2.33 bits per heavy atom. The Morgan fingerprint density at radius 2 is 1.75 bits per heavy atom. The summed E-state index contributed by atoms with van der Waals surface area (Å²) in [7, 11) is -3.61. The number of hydrogen-bond donors (Lipinski definition) is 2. The van der Waals surface area contributed by atoms with Crippen LogP contribution < -0.4 is 10.5 Å². The molecule has 0 aromatic heterocycles. The zero-order chi connectivity index (χ0) is 17.7. The van der Waals surface area contributed by atoms with E-state index in [1.807, 2.05) is 44.2 Å². The first-order chi connectivity index (χ1) is 11.3. The number of nitrogens with one attached hydrogen (secondary N) is 1. The molecule has 1 atom stereocenters. The first-order valence-electron chi connectivity index (χ1n) is 7.71. The average molecular weight is 346 g/mol. The van der Waals surface area contributed by atoms with Crippen molar-refractivity contribution in [2.75, 3.05) is 5.32 Å². The molecule has 1 amide bonds. The van der Waals surface area contributed by atoms with Gasteiger partial charge in [0.15, 0.2) is 0 Å². The van der Waals surface area contributed by atoms with Gasteiger partial charge in [-0.3, -0.25) is 4.79 Å². The predicted octanol–water partition coefficient (Wildman–Crippen LogP) is 2.85. The van der Waals surface area contributed by atoms with Crippen molar-refractivity contribution >= 4 is 21.6 Å². The van der Waals surface area contributed by atoms with Gasteiger partial charge in [-0.2, -0.15) is 0 Å². The highest BCUT2D eigenvalue weighted by Gasteiger charge is 2.24. The summed E-state index contributed by atoms with van der Waals surface area (Å²) in [5, 5.41) is 7.94.